The summed E-state index contributed by atoms with van der Waals surface area (Å²) < 4.78 is 14.6. The van der Waals surface area contributed by atoms with Crippen molar-refractivity contribution in [2.75, 3.05) is 20.3 Å². The predicted molar refractivity (Wildman–Crippen MR) is 96.5 cm³/mol. The average molecular weight is 369 g/mol. The molecule has 0 aliphatic rings. The first-order valence-corrected chi connectivity index (χ1v) is 8.27. The molecule has 0 amide bonds. The van der Waals surface area contributed by atoms with Crippen molar-refractivity contribution in [3.05, 3.63) is 58.4 Å². The Hall–Kier alpha value is -3.53. The molecule has 2 rings (SSSR count). The summed E-state index contributed by atoms with van der Waals surface area (Å²) in [5.74, 6) is 4.04. The second kappa shape index (κ2) is 9.25. The lowest BCUT2D eigenvalue weighted by Gasteiger charge is -2.02. The molecule has 2 aromatic rings. The minimum absolute atomic E-state index is 0.0820. The molecule has 0 bridgehead atoms. The van der Waals surface area contributed by atoms with Crippen molar-refractivity contribution >= 4 is 17.9 Å². The fourth-order valence-corrected chi connectivity index (χ4v) is 2.23. The van der Waals surface area contributed by atoms with Gasteiger partial charge in [-0.25, -0.2) is 14.4 Å². The maximum atomic E-state index is 12.1. The number of carbonyl (C=O) groups is 3. The third-order valence-electron chi connectivity index (χ3n) is 3.49. The number of ether oxygens (including phenoxy) is 3. The lowest BCUT2D eigenvalue weighted by molar-refractivity contribution is 0.0518. The summed E-state index contributed by atoms with van der Waals surface area (Å²) in [6, 6.07) is 6.43. The van der Waals surface area contributed by atoms with E-state index in [1.165, 1.54) is 13.3 Å². The molecular weight excluding hydrogens is 350 g/mol. The molecule has 1 N–H and O–H groups in total. The van der Waals surface area contributed by atoms with Gasteiger partial charge in [0.1, 0.15) is 5.69 Å². The molecule has 1 aromatic carbocycles. The normalized spacial score (nSPS) is 9.74. The van der Waals surface area contributed by atoms with E-state index in [0.717, 1.165) is 0 Å². The zero-order valence-corrected chi connectivity index (χ0v) is 15.3. The van der Waals surface area contributed by atoms with E-state index >= 15 is 0 Å². The number of aromatic nitrogens is 1. The Balaban J connectivity index is 2.40. The van der Waals surface area contributed by atoms with Gasteiger partial charge in [-0.1, -0.05) is 11.8 Å². The quantitative estimate of drug-likeness (QED) is 0.494. The third-order valence-corrected chi connectivity index (χ3v) is 3.49. The van der Waals surface area contributed by atoms with Crippen LogP contribution >= 0.6 is 0 Å². The summed E-state index contributed by atoms with van der Waals surface area (Å²) in [4.78, 5) is 38.4. The van der Waals surface area contributed by atoms with Gasteiger partial charge in [-0.15, -0.1) is 0 Å². The van der Waals surface area contributed by atoms with Crippen LogP contribution in [0, 0.1) is 11.8 Å². The number of hydrogen-bond donors (Lipinski definition) is 1. The molecule has 0 saturated heterocycles. The molecule has 0 aliphatic heterocycles. The molecule has 1 aromatic heterocycles. The van der Waals surface area contributed by atoms with Crippen LogP contribution in [0.1, 0.15) is 56.2 Å². The van der Waals surface area contributed by atoms with Gasteiger partial charge in [0.15, 0.2) is 0 Å². The Labute approximate surface area is 156 Å². The van der Waals surface area contributed by atoms with Gasteiger partial charge in [0.25, 0.3) is 0 Å². The van der Waals surface area contributed by atoms with Crippen LogP contribution in [0.25, 0.3) is 0 Å². The van der Waals surface area contributed by atoms with Gasteiger partial charge in [-0.3, -0.25) is 0 Å². The fourth-order valence-electron chi connectivity index (χ4n) is 2.23. The zero-order valence-electron chi connectivity index (χ0n) is 15.3. The summed E-state index contributed by atoms with van der Waals surface area (Å²) in [6.45, 7) is 3.75. The second-order valence-electron chi connectivity index (χ2n) is 5.21. The van der Waals surface area contributed by atoms with Crippen LogP contribution in [0.3, 0.4) is 0 Å². The Morgan fingerprint density at radius 2 is 1.56 bits per heavy atom. The van der Waals surface area contributed by atoms with Crippen molar-refractivity contribution in [2.45, 2.75) is 13.8 Å². The maximum Gasteiger partial charge on any atom is 0.356 e. The van der Waals surface area contributed by atoms with Crippen LogP contribution in [0.15, 0.2) is 30.5 Å². The number of benzene rings is 1. The summed E-state index contributed by atoms with van der Waals surface area (Å²) in [6.07, 6.45) is 1.37. The standard InChI is InChI=1S/C20H19NO6/c1-4-26-19(23)16-12-21-17(20(24)27-5-2)15(16)11-8-13-6-9-14(10-7-13)18(22)25-3/h6-7,9-10,12,21H,4-5H2,1-3H3. The van der Waals surface area contributed by atoms with Crippen molar-refractivity contribution in [1.29, 1.82) is 0 Å². The Kier molecular flexibility index (Phi) is 6.78. The van der Waals surface area contributed by atoms with Gasteiger partial charge in [0.05, 0.1) is 37.0 Å². The number of aromatic amines is 1. The van der Waals surface area contributed by atoms with Crippen LogP contribution in [-0.4, -0.2) is 43.2 Å². The highest BCUT2D eigenvalue weighted by Gasteiger charge is 2.22. The smallest absolute Gasteiger partial charge is 0.356 e. The summed E-state index contributed by atoms with van der Waals surface area (Å²) in [7, 11) is 1.30. The van der Waals surface area contributed by atoms with Crippen LogP contribution in [0.4, 0.5) is 0 Å². The lowest BCUT2D eigenvalue weighted by atomic mass is 10.1. The van der Waals surface area contributed by atoms with Crippen molar-refractivity contribution in [3.8, 4) is 11.8 Å². The molecule has 7 nitrogen and oxygen atoms in total. The summed E-state index contributed by atoms with van der Waals surface area (Å²) in [5.41, 5.74) is 1.42. The number of carbonyl (C=O) groups excluding carboxylic acids is 3. The first-order chi connectivity index (χ1) is 13.0. The molecule has 27 heavy (non-hydrogen) atoms. The summed E-state index contributed by atoms with van der Waals surface area (Å²) in [5, 5.41) is 0. The van der Waals surface area contributed by atoms with E-state index in [9.17, 15) is 14.4 Å². The van der Waals surface area contributed by atoms with Crippen LogP contribution in [-0.2, 0) is 14.2 Å². The molecule has 0 atom stereocenters. The molecule has 0 aliphatic carbocycles. The van der Waals surface area contributed by atoms with Crippen molar-refractivity contribution in [2.24, 2.45) is 0 Å². The average Bonchev–Trinajstić information content (AvgIpc) is 3.10. The summed E-state index contributed by atoms with van der Waals surface area (Å²) >= 11 is 0. The third kappa shape index (κ3) is 4.76. The van der Waals surface area contributed by atoms with Crippen molar-refractivity contribution in [3.63, 3.8) is 0 Å². The van der Waals surface area contributed by atoms with E-state index in [1.54, 1.807) is 38.1 Å². The first-order valence-electron chi connectivity index (χ1n) is 8.27. The molecule has 0 saturated carbocycles. The molecule has 0 fully saturated rings. The van der Waals surface area contributed by atoms with Gasteiger partial charge in [0.2, 0.25) is 0 Å². The molecule has 7 heteroatoms. The van der Waals surface area contributed by atoms with Gasteiger partial charge in [0, 0.05) is 11.8 Å². The van der Waals surface area contributed by atoms with E-state index in [1.807, 2.05) is 0 Å². The van der Waals surface area contributed by atoms with Gasteiger partial charge in [-0.05, 0) is 38.1 Å². The Bertz CT molecular complexity index is 863. The number of esters is 3. The molecule has 0 unspecified atom stereocenters. The molecule has 140 valence electrons. The van der Waals surface area contributed by atoms with E-state index in [-0.39, 0.29) is 30.0 Å². The number of rotatable bonds is 5. The largest absolute Gasteiger partial charge is 0.465 e. The Morgan fingerprint density at radius 1 is 0.926 bits per heavy atom. The highest BCUT2D eigenvalue weighted by Crippen LogP contribution is 2.16. The van der Waals surface area contributed by atoms with Crippen molar-refractivity contribution < 1.29 is 28.6 Å². The molecule has 1 heterocycles. The number of H-pyrrole nitrogens is 1. The van der Waals surface area contributed by atoms with E-state index < -0.39 is 17.9 Å². The molecule has 0 radical (unpaired) electrons. The van der Waals surface area contributed by atoms with Crippen LogP contribution in [0.5, 0.6) is 0 Å². The second-order valence-corrected chi connectivity index (χ2v) is 5.21. The maximum absolute atomic E-state index is 12.1. The fraction of sp³-hybridized carbons (Fsp3) is 0.250. The van der Waals surface area contributed by atoms with Gasteiger partial charge in [-0.2, -0.15) is 0 Å². The van der Waals surface area contributed by atoms with Crippen molar-refractivity contribution in [1.82, 2.24) is 4.98 Å². The number of hydrogen-bond acceptors (Lipinski definition) is 6. The zero-order chi connectivity index (χ0) is 19.8. The van der Waals surface area contributed by atoms with Crippen LogP contribution < -0.4 is 0 Å². The minimum Gasteiger partial charge on any atom is -0.465 e. The van der Waals surface area contributed by atoms with Gasteiger partial charge < -0.3 is 19.2 Å². The highest BCUT2D eigenvalue weighted by molar-refractivity contribution is 5.99. The molecular formula is C20H19NO6. The monoisotopic (exact) mass is 369 g/mol. The van der Waals surface area contributed by atoms with E-state index in [4.69, 9.17) is 9.47 Å². The highest BCUT2D eigenvalue weighted by atomic mass is 16.5. The van der Waals surface area contributed by atoms with Gasteiger partial charge >= 0.3 is 17.9 Å². The predicted octanol–water partition coefficient (Wildman–Crippen LogP) is 2.55. The Morgan fingerprint density at radius 3 is 2.15 bits per heavy atom. The van der Waals surface area contributed by atoms with E-state index in [2.05, 4.69) is 21.6 Å². The topological polar surface area (TPSA) is 94.7 Å². The van der Waals surface area contributed by atoms with E-state index in [0.29, 0.717) is 11.1 Å². The van der Waals surface area contributed by atoms with Crippen LogP contribution in [0.2, 0.25) is 0 Å². The number of methoxy groups -OCH3 is 1. The first kappa shape index (κ1) is 19.8. The molecule has 0 spiro atoms. The minimum atomic E-state index is -0.613. The lowest BCUT2D eigenvalue weighted by Crippen LogP contribution is -2.09. The number of nitrogens with one attached hydrogen (secondary N) is 1. The SMILES string of the molecule is CCOC(=O)c1c[nH]c(C(=O)OCC)c1C#Cc1ccc(C(=O)OC)cc1.